The van der Waals surface area contributed by atoms with Gasteiger partial charge in [0.15, 0.2) is 0 Å². The normalized spacial score (nSPS) is 15.5. The first-order valence-corrected chi connectivity index (χ1v) is 5.72. The average molecular weight is 220 g/mol. The van der Waals surface area contributed by atoms with Crippen LogP contribution in [0.15, 0.2) is 23.1 Å². The van der Waals surface area contributed by atoms with Crippen LogP contribution in [-0.4, -0.2) is 17.4 Å². The lowest BCUT2D eigenvalue weighted by molar-refractivity contribution is 0.0948. The zero-order valence-corrected chi connectivity index (χ0v) is 9.16. The van der Waals surface area contributed by atoms with Crippen LogP contribution in [0.2, 0.25) is 0 Å². The summed E-state index contributed by atoms with van der Waals surface area (Å²) in [5.74, 6) is 0.687. The molecule has 1 fully saturated rings. The van der Waals surface area contributed by atoms with E-state index in [2.05, 4.69) is 10.3 Å². The van der Waals surface area contributed by atoms with E-state index in [-0.39, 0.29) is 11.5 Å². The van der Waals surface area contributed by atoms with Crippen LogP contribution >= 0.6 is 0 Å². The Morgan fingerprint density at radius 1 is 1.44 bits per heavy atom. The molecule has 86 valence electrons. The van der Waals surface area contributed by atoms with E-state index < -0.39 is 0 Å². The van der Waals surface area contributed by atoms with E-state index in [1.807, 2.05) is 0 Å². The molecule has 0 saturated heterocycles. The number of amides is 1. The van der Waals surface area contributed by atoms with Crippen molar-refractivity contribution in [2.75, 3.05) is 6.54 Å². The summed E-state index contributed by atoms with van der Waals surface area (Å²) >= 11 is 0. The number of rotatable bonds is 4. The summed E-state index contributed by atoms with van der Waals surface area (Å²) in [6, 6.07) is 2.90. The second kappa shape index (κ2) is 4.96. The van der Waals surface area contributed by atoms with E-state index in [4.69, 9.17) is 0 Å². The van der Waals surface area contributed by atoms with E-state index in [0.717, 1.165) is 18.9 Å². The summed E-state index contributed by atoms with van der Waals surface area (Å²) in [4.78, 5) is 24.9. The third-order valence-corrected chi connectivity index (χ3v) is 3.11. The number of aromatic amines is 1. The number of hydrogen-bond acceptors (Lipinski definition) is 2. The minimum absolute atomic E-state index is 0.115. The zero-order valence-electron chi connectivity index (χ0n) is 9.16. The van der Waals surface area contributed by atoms with Gasteiger partial charge in [0.25, 0.3) is 5.91 Å². The van der Waals surface area contributed by atoms with Gasteiger partial charge in [0.2, 0.25) is 5.56 Å². The lowest BCUT2D eigenvalue weighted by atomic mass is 9.83. The highest BCUT2D eigenvalue weighted by atomic mass is 16.1. The fraction of sp³-hybridized carbons (Fsp3) is 0.500. The zero-order chi connectivity index (χ0) is 11.4. The van der Waals surface area contributed by atoms with Gasteiger partial charge in [0.05, 0.1) is 5.56 Å². The Bertz CT molecular complexity index is 401. The van der Waals surface area contributed by atoms with Crippen LogP contribution < -0.4 is 10.9 Å². The summed E-state index contributed by atoms with van der Waals surface area (Å²) in [5.41, 5.74) is 0.319. The number of hydrogen-bond donors (Lipinski definition) is 2. The van der Waals surface area contributed by atoms with E-state index in [9.17, 15) is 9.59 Å². The van der Waals surface area contributed by atoms with Gasteiger partial charge in [-0.1, -0.05) is 19.3 Å². The SMILES string of the molecule is O=C(NCCC1CCC1)c1ccc(=O)[nH]c1. The van der Waals surface area contributed by atoms with Crippen molar-refractivity contribution in [3.05, 3.63) is 34.2 Å². The second-order valence-corrected chi connectivity index (χ2v) is 4.28. The fourth-order valence-electron chi connectivity index (χ4n) is 1.83. The third-order valence-electron chi connectivity index (χ3n) is 3.11. The molecule has 1 amide bonds. The number of pyridine rings is 1. The average Bonchev–Trinajstić information content (AvgIpc) is 2.22. The Labute approximate surface area is 94.1 Å². The van der Waals surface area contributed by atoms with Crippen LogP contribution in [0.5, 0.6) is 0 Å². The maximum Gasteiger partial charge on any atom is 0.252 e. The summed E-state index contributed by atoms with van der Waals surface area (Å²) in [6.07, 6.45) is 6.44. The van der Waals surface area contributed by atoms with Gasteiger partial charge in [-0.05, 0) is 18.4 Å². The summed E-state index contributed by atoms with van der Waals surface area (Å²) in [5, 5.41) is 2.86. The lowest BCUT2D eigenvalue weighted by Gasteiger charge is -2.25. The molecule has 0 unspecified atom stereocenters. The first-order valence-electron chi connectivity index (χ1n) is 5.72. The van der Waals surface area contributed by atoms with Crippen molar-refractivity contribution in [1.82, 2.24) is 10.3 Å². The highest BCUT2D eigenvalue weighted by molar-refractivity contribution is 5.93. The van der Waals surface area contributed by atoms with Crippen molar-refractivity contribution in [1.29, 1.82) is 0 Å². The number of nitrogens with one attached hydrogen (secondary N) is 2. The van der Waals surface area contributed by atoms with Crippen LogP contribution in [0.1, 0.15) is 36.0 Å². The number of aromatic nitrogens is 1. The number of carbonyl (C=O) groups is 1. The highest BCUT2D eigenvalue weighted by Crippen LogP contribution is 2.28. The van der Waals surface area contributed by atoms with E-state index in [1.54, 1.807) is 0 Å². The molecule has 4 nitrogen and oxygen atoms in total. The highest BCUT2D eigenvalue weighted by Gasteiger charge is 2.16. The Balaban J connectivity index is 1.78. The van der Waals surface area contributed by atoms with Crippen molar-refractivity contribution >= 4 is 5.91 Å². The van der Waals surface area contributed by atoms with Gasteiger partial charge in [-0.2, -0.15) is 0 Å². The molecule has 1 saturated carbocycles. The molecule has 2 rings (SSSR count). The van der Waals surface area contributed by atoms with Crippen molar-refractivity contribution < 1.29 is 4.79 Å². The molecule has 0 spiro atoms. The summed E-state index contributed by atoms with van der Waals surface area (Å²) in [6.45, 7) is 0.725. The molecule has 1 aromatic heterocycles. The van der Waals surface area contributed by atoms with E-state index in [0.29, 0.717) is 5.56 Å². The molecule has 0 aliphatic heterocycles. The predicted molar refractivity (Wildman–Crippen MR) is 61.4 cm³/mol. The Kier molecular flexibility index (Phi) is 3.39. The van der Waals surface area contributed by atoms with Gasteiger partial charge in [0.1, 0.15) is 0 Å². The molecule has 1 aromatic rings. The minimum Gasteiger partial charge on any atom is -0.352 e. The van der Waals surface area contributed by atoms with Gasteiger partial charge in [-0.3, -0.25) is 9.59 Å². The standard InChI is InChI=1S/C12H16N2O2/c15-11-5-4-10(8-14-11)12(16)13-7-6-9-2-1-3-9/h4-5,8-9H,1-3,6-7H2,(H,13,16)(H,14,15). The van der Waals surface area contributed by atoms with Gasteiger partial charge in [-0.15, -0.1) is 0 Å². The topological polar surface area (TPSA) is 62.0 Å². The van der Waals surface area contributed by atoms with Crippen LogP contribution in [-0.2, 0) is 0 Å². The quantitative estimate of drug-likeness (QED) is 0.803. The maximum atomic E-state index is 11.6. The molecule has 1 heterocycles. The van der Waals surface area contributed by atoms with Crippen molar-refractivity contribution in [3.63, 3.8) is 0 Å². The Hall–Kier alpha value is -1.58. The van der Waals surface area contributed by atoms with Gasteiger partial charge in [-0.25, -0.2) is 0 Å². The Morgan fingerprint density at radius 2 is 2.25 bits per heavy atom. The molecule has 0 aromatic carbocycles. The number of H-pyrrole nitrogens is 1. The van der Waals surface area contributed by atoms with Crippen molar-refractivity contribution in [2.24, 2.45) is 5.92 Å². The third kappa shape index (κ3) is 2.72. The van der Waals surface area contributed by atoms with E-state index >= 15 is 0 Å². The first kappa shape index (κ1) is 10.9. The number of carbonyl (C=O) groups excluding carboxylic acids is 1. The largest absolute Gasteiger partial charge is 0.352 e. The smallest absolute Gasteiger partial charge is 0.252 e. The van der Waals surface area contributed by atoms with Crippen LogP contribution in [0.4, 0.5) is 0 Å². The van der Waals surface area contributed by atoms with Crippen LogP contribution in [0, 0.1) is 5.92 Å². The van der Waals surface area contributed by atoms with Gasteiger partial charge < -0.3 is 10.3 Å². The second-order valence-electron chi connectivity index (χ2n) is 4.28. The molecule has 0 bridgehead atoms. The van der Waals surface area contributed by atoms with Gasteiger partial charge in [0, 0.05) is 18.8 Å². The summed E-state index contributed by atoms with van der Waals surface area (Å²) < 4.78 is 0. The molecular formula is C12H16N2O2. The first-order chi connectivity index (χ1) is 7.75. The van der Waals surface area contributed by atoms with Crippen LogP contribution in [0.25, 0.3) is 0 Å². The van der Waals surface area contributed by atoms with Crippen molar-refractivity contribution in [3.8, 4) is 0 Å². The Morgan fingerprint density at radius 3 is 2.81 bits per heavy atom. The molecule has 4 heteroatoms. The minimum atomic E-state index is -0.189. The molecule has 0 atom stereocenters. The fourth-order valence-corrected chi connectivity index (χ4v) is 1.83. The molecular weight excluding hydrogens is 204 g/mol. The molecule has 0 radical (unpaired) electrons. The van der Waals surface area contributed by atoms with Gasteiger partial charge >= 0.3 is 0 Å². The lowest BCUT2D eigenvalue weighted by Crippen LogP contribution is -2.27. The van der Waals surface area contributed by atoms with E-state index in [1.165, 1.54) is 37.6 Å². The molecule has 1 aliphatic carbocycles. The molecule has 1 aliphatic rings. The van der Waals surface area contributed by atoms with Crippen molar-refractivity contribution in [2.45, 2.75) is 25.7 Å². The maximum absolute atomic E-state index is 11.6. The predicted octanol–water partition coefficient (Wildman–Crippen LogP) is 1.29. The summed E-state index contributed by atoms with van der Waals surface area (Å²) in [7, 11) is 0. The monoisotopic (exact) mass is 220 g/mol. The molecule has 2 N–H and O–H groups in total. The van der Waals surface area contributed by atoms with Crippen LogP contribution in [0.3, 0.4) is 0 Å². The molecule has 16 heavy (non-hydrogen) atoms.